The van der Waals surface area contributed by atoms with E-state index >= 15 is 0 Å². The first-order valence-corrected chi connectivity index (χ1v) is 10.9. The molecule has 1 aliphatic rings. The summed E-state index contributed by atoms with van der Waals surface area (Å²) >= 11 is 0. The van der Waals surface area contributed by atoms with Gasteiger partial charge >= 0.3 is 0 Å². The quantitative estimate of drug-likeness (QED) is 0.551. The number of carbonyl (C=O) groups is 1. The Morgan fingerprint density at radius 1 is 1.07 bits per heavy atom. The number of carbonyl (C=O) groups excluding carboxylic acids is 1. The van der Waals surface area contributed by atoms with Crippen LogP contribution in [0, 0.1) is 11.8 Å². The monoisotopic (exact) mass is 408 g/mol. The van der Waals surface area contributed by atoms with Crippen LogP contribution in [0.25, 0.3) is 0 Å². The van der Waals surface area contributed by atoms with E-state index in [0.29, 0.717) is 31.1 Å². The molecule has 0 unspecified atom stereocenters. The molecule has 3 atom stereocenters. The van der Waals surface area contributed by atoms with Gasteiger partial charge in [0.15, 0.2) is 11.5 Å². The van der Waals surface area contributed by atoms with Gasteiger partial charge in [0, 0.05) is 25.2 Å². The zero-order valence-corrected chi connectivity index (χ0v) is 17.7. The van der Waals surface area contributed by atoms with Crippen molar-refractivity contribution in [2.75, 3.05) is 6.61 Å². The molecular formula is C26H32O4. The van der Waals surface area contributed by atoms with Crippen LogP contribution in [0.1, 0.15) is 43.7 Å². The van der Waals surface area contributed by atoms with Crippen LogP contribution in [0.2, 0.25) is 0 Å². The number of allylic oxidation sites excluding steroid dienone is 1. The number of rotatable bonds is 10. The first-order chi connectivity index (χ1) is 14.5. The second-order valence-electron chi connectivity index (χ2n) is 8.30. The minimum absolute atomic E-state index is 0.0640. The topological polar surface area (TPSA) is 66.8 Å². The number of aliphatic hydroxyl groups excluding tert-OH is 1. The first-order valence-electron chi connectivity index (χ1n) is 10.9. The standard InChI is InChI=1S/C26H32O4/c1-19-7-11-22(12-8-19)25(29)18-23(27)13-9-21-10-14-24(28)26(17-21)30-16-15-20-5-3-2-4-6-20/h2-7,10-11,14,17,19,22,25,28-29H,8-9,12-13,15-16,18H2,1H3/t19-,22-,25-/m0/s1. The van der Waals surface area contributed by atoms with Crippen LogP contribution in [0.15, 0.2) is 60.7 Å². The number of Topliss-reactive ketones (excluding diaryl/α,β-unsaturated/α-hetero) is 1. The average Bonchev–Trinajstić information content (AvgIpc) is 2.75. The molecule has 0 radical (unpaired) electrons. The summed E-state index contributed by atoms with van der Waals surface area (Å²) in [6.07, 6.45) is 7.50. The number of ketones is 1. The van der Waals surface area contributed by atoms with Crippen LogP contribution in [-0.2, 0) is 17.6 Å². The molecule has 0 aromatic heterocycles. The predicted molar refractivity (Wildman–Crippen MR) is 119 cm³/mol. The van der Waals surface area contributed by atoms with E-state index in [1.54, 1.807) is 12.1 Å². The van der Waals surface area contributed by atoms with E-state index in [-0.39, 0.29) is 23.9 Å². The molecule has 0 saturated carbocycles. The molecule has 160 valence electrons. The highest BCUT2D eigenvalue weighted by atomic mass is 16.5. The number of aryl methyl sites for hydroxylation is 1. The van der Waals surface area contributed by atoms with E-state index in [1.807, 2.05) is 36.4 Å². The molecule has 0 amide bonds. The molecule has 0 fully saturated rings. The number of ether oxygens (including phenoxy) is 1. The average molecular weight is 409 g/mol. The van der Waals surface area contributed by atoms with Crippen molar-refractivity contribution in [3.63, 3.8) is 0 Å². The van der Waals surface area contributed by atoms with Gasteiger partial charge in [-0.1, -0.05) is 55.5 Å². The van der Waals surface area contributed by atoms with Crippen LogP contribution in [0.5, 0.6) is 11.5 Å². The van der Waals surface area contributed by atoms with Crippen molar-refractivity contribution >= 4 is 5.78 Å². The lowest BCUT2D eigenvalue weighted by atomic mass is 9.84. The van der Waals surface area contributed by atoms with E-state index in [4.69, 9.17) is 4.74 Å². The zero-order chi connectivity index (χ0) is 21.3. The van der Waals surface area contributed by atoms with Gasteiger partial charge in [-0.05, 0) is 48.4 Å². The van der Waals surface area contributed by atoms with Gasteiger partial charge in [-0.3, -0.25) is 4.79 Å². The summed E-state index contributed by atoms with van der Waals surface area (Å²) in [6.45, 7) is 2.64. The predicted octanol–water partition coefficient (Wildman–Crippen LogP) is 4.87. The fourth-order valence-corrected chi connectivity index (χ4v) is 3.82. The Labute approximate surface area is 179 Å². The van der Waals surface area contributed by atoms with Crippen LogP contribution in [0.4, 0.5) is 0 Å². The molecule has 2 aromatic carbocycles. The molecule has 2 N–H and O–H groups in total. The highest BCUT2D eigenvalue weighted by Gasteiger charge is 2.22. The van der Waals surface area contributed by atoms with Crippen molar-refractivity contribution in [3.05, 3.63) is 71.8 Å². The molecular weight excluding hydrogens is 376 g/mol. The van der Waals surface area contributed by atoms with E-state index in [9.17, 15) is 15.0 Å². The molecule has 0 aliphatic heterocycles. The van der Waals surface area contributed by atoms with Gasteiger partial charge in [-0.2, -0.15) is 0 Å². The maximum absolute atomic E-state index is 12.3. The fraction of sp³-hybridized carbons (Fsp3) is 0.423. The van der Waals surface area contributed by atoms with E-state index < -0.39 is 6.10 Å². The third kappa shape index (κ3) is 6.74. The summed E-state index contributed by atoms with van der Waals surface area (Å²) < 4.78 is 5.76. The van der Waals surface area contributed by atoms with Gasteiger partial charge in [0.2, 0.25) is 0 Å². The smallest absolute Gasteiger partial charge is 0.161 e. The third-order valence-electron chi connectivity index (χ3n) is 5.78. The lowest BCUT2D eigenvalue weighted by molar-refractivity contribution is -0.121. The third-order valence-corrected chi connectivity index (χ3v) is 5.78. The van der Waals surface area contributed by atoms with Crippen LogP contribution < -0.4 is 4.74 Å². The normalized spacial score (nSPS) is 19.4. The maximum atomic E-state index is 12.3. The van der Waals surface area contributed by atoms with E-state index in [0.717, 1.165) is 24.8 Å². The summed E-state index contributed by atoms with van der Waals surface area (Å²) in [5.41, 5.74) is 2.12. The highest BCUT2D eigenvalue weighted by Crippen LogP contribution is 2.28. The Hall–Kier alpha value is -2.59. The second-order valence-corrected chi connectivity index (χ2v) is 8.30. The highest BCUT2D eigenvalue weighted by molar-refractivity contribution is 5.79. The van der Waals surface area contributed by atoms with E-state index in [2.05, 4.69) is 19.1 Å². The Kier molecular flexibility index (Phi) is 8.09. The number of hydrogen-bond acceptors (Lipinski definition) is 4. The van der Waals surface area contributed by atoms with E-state index in [1.165, 1.54) is 5.56 Å². The largest absolute Gasteiger partial charge is 0.504 e. The molecule has 3 rings (SSSR count). The summed E-state index contributed by atoms with van der Waals surface area (Å²) in [7, 11) is 0. The summed E-state index contributed by atoms with van der Waals surface area (Å²) in [4.78, 5) is 12.3. The number of aliphatic hydroxyl groups is 1. The molecule has 30 heavy (non-hydrogen) atoms. The minimum Gasteiger partial charge on any atom is -0.504 e. The van der Waals surface area contributed by atoms with Crippen molar-refractivity contribution in [1.82, 2.24) is 0 Å². The number of hydrogen-bond donors (Lipinski definition) is 2. The van der Waals surface area contributed by atoms with Gasteiger partial charge in [0.25, 0.3) is 0 Å². The lowest BCUT2D eigenvalue weighted by Gasteiger charge is -2.24. The molecule has 4 heteroatoms. The van der Waals surface area contributed by atoms with Crippen LogP contribution in [0.3, 0.4) is 0 Å². The van der Waals surface area contributed by atoms with Gasteiger partial charge in [-0.25, -0.2) is 0 Å². The number of phenolic OH excluding ortho intramolecular Hbond substituents is 1. The van der Waals surface area contributed by atoms with Crippen molar-refractivity contribution in [1.29, 1.82) is 0 Å². The molecule has 0 saturated heterocycles. The fourth-order valence-electron chi connectivity index (χ4n) is 3.82. The molecule has 1 aliphatic carbocycles. The summed E-state index contributed by atoms with van der Waals surface area (Å²) in [6, 6.07) is 15.3. The Morgan fingerprint density at radius 3 is 2.60 bits per heavy atom. The van der Waals surface area contributed by atoms with Gasteiger partial charge in [0.05, 0.1) is 12.7 Å². The molecule has 2 aromatic rings. The Bertz CT molecular complexity index is 843. The molecule has 0 spiro atoms. The minimum atomic E-state index is -0.599. The summed E-state index contributed by atoms with van der Waals surface area (Å²) in [5.74, 6) is 1.25. The second kappa shape index (κ2) is 11.0. The Morgan fingerprint density at radius 2 is 1.87 bits per heavy atom. The SMILES string of the molecule is C[C@H]1C=C[C@H]([C@@H](O)CC(=O)CCc2ccc(O)c(OCCc3ccccc3)c2)CC1. The van der Waals surface area contributed by atoms with Gasteiger partial charge in [-0.15, -0.1) is 0 Å². The van der Waals surface area contributed by atoms with Crippen molar-refractivity contribution in [2.45, 2.75) is 51.6 Å². The molecule has 0 heterocycles. The molecule has 4 nitrogen and oxygen atoms in total. The lowest BCUT2D eigenvalue weighted by Crippen LogP contribution is -2.24. The van der Waals surface area contributed by atoms with Gasteiger partial charge in [0.1, 0.15) is 5.78 Å². The number of benzene rings is 2. The number of aromatic hydroxyl groups is 1. The Balaban J connectivity index is 1.46. The molecule has 0 bridgehead atoms. The zero-order valence-electron chi connectivity index (χ0n) is 17.7. The van der Waals surface area contributed by atoms with Crippen molar-refractivity contribution in [2.24, 2.45) is 11.8 Å². The van der Waals surface area contributed by atoms with Crippen LogP contribution in [-0.4, -0.2) is 28.7 Å². The number of phenols is 1. The van der Waals surface area contributed by atoms with Crippen LogP contribution >= 0.6 is 0 Å². The van der Waals surface area contributed by atoms with Crippen molar-refractivity contribution in [3.8, 4) is 11.5 Å². The maximum Gasteiger partial charge on any atom is 0.161 e. The van der Waals surface area contributed by atoms with Gasteiger partial charge < -0.3 is 14.9 Å². The summed E-state index contributed by atoms with van der Waals surface area (Å²) in [5, 5.41) is 20.4. The van der Waals surface area contributed by atoms with Crippen molar-refractivity contribution < 1.29 is 19.7 Å². The first kappa shape index (κ1) is 22.1.